The molecule has 0 aliphatic rings. The molecule has 37 heavy (non-hydrogen) atoms. The van der Waals surface area contributed by atoms with Gasteiger partial charge in [-0.3, -0.25) is 15.1 Å². The monoisotopic (exact) mass is 492 g/mol. The Morgan fingerprint density at radius 1 is 0.892 bits per heavy atom. The molecule has 0 saturated heterocycles. The summed E-state index contributed by atoms with van der Waals surface area (Å²) in [5.41, 5.74) is 6.63. The van der Waals surface area contributed by atoms with Crippen molar-refractivity contribution in [1.82, 2.24) is 30.0 Å². The Morgan fingerprint density at radius 2 is 1.81 bits per heavy atom. The first-order valence-electron chi connectivity index (χ1n) is 12.0. The van der Waals surface area contributed by atoms with Crippen LogP contribution < -0.4 is 4.74 Å². The van der Waals surface area contributed by atoms with Crippen molar-refractivity contribution in [2.24, 2.45) is 0 Å². The second-order valence-electron chi connectivity index (χ2n) is 9.18. The maximum atomic E-state index is 14.6. The predicted molar refractivity (Wildman–Crippen MR) is 144 cm³/mol. The number of H-pyrrole nitrogens is 2. The zero-order chi connectivity index (χ0) is 25.4. The predicted octanol–water partition coefficient (Wildman–Crippen LogP) is 5.91. The Balaban J connectivity index is 1.41. The molecule has 6 rings (SSSR count). The second kappa shape index (κ2) is 9.48. The van der Waals surface area contributed by atoms with Crippen LogP contribution in [0.5, 0.6) is 5.75 Å². The van der Waals surface area contributed by atoms with Gasteiger partial charge < -0.3 is 14.6 Å². The molecular weight excluding hydrogens is 467 g/mol. The first-order valence-corrected chi connectivity index (χ1v) is 12.0. The fourth-order valence-corrected chi connectivity index (χ4v) is 4.46. The number of ether oxygens (including phenoxy) is 1. The summed E-state index contributed by atoms with van der Waals surface area (Å²) in [5, 5.41) is 9.56. The van der Waals surface area contributed by atoms with E-state index in [1.54, 1.807) is 12.4 Å². The van der Waals surface area contributed by atoms with E-state index in [4.69, 9.17) is 4.74 Å². The average molecular weight is 493 g/mol. The number of aromatic nitrogens is 5. The van der Waals surface area contributed by atoms with Gasteiger partial charge in [-0.05, 0) is 67.7 Å². The minimum atomic E-state index is -0.335. The average Bonchev–Trinajstić information content (AvgIpc) is 3.52. The number of nitrogens with zero attached hydrogens (tertiary/aromatic N) is 4. The molecule has 0 aliphatic carbocycles. The van der Waals surface area contributed by atoms with E-state index in [0.717, 1.165) is 62.3 Å². The molecule has 0 aliphatic heterocycles. The molecule has 0 bridgehead atoms. The molecule has 4 heterocycles. The lowest BCUT2D eigenvalue weighted by molar-refractivity contribution is 0.260. The van der Waals surface area contributed by atoms with E-state index in [9.17, 15) is 4.39 Å². The van der Waals surface area contributed by atoms with E-state index in [0.29, 0.717) is 12.4 Å². The Bertz CT molecular complexity index is 1710. The smallest absolute Gasteiger partial charge is 0.127 e. The highest BCUT2D eigenvalue weighted by atomic mass is 19.1. The maximum Gasteiger partial charge on any atom is 0.127 e. The molecule has 0 saturated carbocycles. The highest BCUT2D eigenvalue weighted by Gasteiger charge is 2.16. The van der Waals surface area contributed by atoms with Crippen molar-refractivity contribution in [2.45, 2.75) is 0 Å². The van der Waals surface area contributed by atoms with Crippen LogP contribution in [0.4, 0.5) is 4.39 Å². The van der Waals surface area contributed by atoms with Crippen molar-refractivity contribution >= 4 is 21.8 Å². The quantitative estimate of drug-likeness (QED) is 0.289. The van der Waals surface area contributed by atoms with Gasteiger partial charge in [0.2, 0.25) is 0 Å². The summed E-state index contributed by atoms with van der Waals surface area (Å²) in [4.78, 5) is 14.5. The number of likely N-dealkylation sites (N-methyl/N-ethyl adjacent to an activating group) is 1. The lowest BCUT2D eigenvalue weighted by Crippen LogP contribution is -2.19. The van der Waals surface area contributed by atoms with Gasteiger partial charge in [-0.2, -0.15) is 5.10 Å². The van der Waals surface area contributed by atoms with Gasteiger partial charge >= 0.3 is 0 Å². The van der Waals surface area contributed by atoms with Gasteiger partial charge in [0.1, 0.15) is 23.9 Å². The van der Waals surface area contributed by atoms with Crippen molar-refractivity contribution in [2.75, 3.05) is 27.2 Å². The van der Waals surface area contributed by atoms with Crippen LogP contribution in [0.25, 0.3) is 55.7 Å². The van der Waals surface area contributed by atoms with Crippen LogP contribution in [0.1, 0.15) is 0 Å². The number of pyridine rings is 2. The van der Waals surface area contributed by atoms with Gasteiger partial charge in [-0.25, -0.2) is 4.39 Å². The van der Waals surface area contributed by atoms with Crippen molar-refractivity contribution in [1.29, 1.82) is 0 Å². The van der Waals surface area contributed by atoms with Crippen LogP contribution >= 0.6 is 0 Å². The molecule has 0 atom stereocenters. The number of fused-ring (bicyclic) bond motifs is 2. The van der Waals surface area contributed by atoms with Crippen LogP contribution in [-0.4, -0.2) is 57.3 Å². The number of hydrogen-bond donors (Lipinski definition) is 2. The number of hydrogen-bond acceptors (Lipinski definition) is 5. The first-order chi connectivity index (χ1) is 18.0. The molecule has 0 fully saturated rings. The molecule has 2 aromatic carbocycles. The summed E-state index contributed by atoms with van der Waals surface area (Å²) in [6.45, 7) is 1.23. The summed E-state index contributed by atoms with van der Waals surface area (Å²) in [6.07, 6.45) is 3.52. The molecule has 0 spiro atoms. The lowest BCUT2D eigenvalue weighted by atomic mass is 10.0. The topological polar surface area (TPSA) is 82.7 Å². The molecule has 4 aromatic heterocycles. The molecule has 0 unspecified atom stereocenters. The van der Waals surface area contributed by atoms with E-state index < -0.39 is 0 Å². The van der Waals surface area contributed by atoms with Crippen LogP contribution in [0.15, 0.2) is 79.1 Å². The second-order valence-corrected chi connectivity index (χ2v) is 9.18. The maximum absolute atomic E-state index is 14.6. The van der Waals surface area contributed by atoms with E-state index in [1.165, 1.54) is 12.1 Å². The van der Waals surface area contributed by atoms with Gasteiger partial charge in [0.15, 0.2) is 0 Å². The van der Waals surface area contributed by atoms with Crippen LogP contribution in [0.2, 0.25) is 0 Å². The molecule has 0 radical (unpaired) electrons. The Morgan fingerprint density at radius 3 is 2.65 bits per heavy atom. The Hall–Kier alpha value is -4.56. The molecule has 2 N–H and O–H groups in total. The van der Waals surface area contributed by atoms with Crippen LogP contribution in [0.3, 0.4) is 0 Å². The number of aromatic amines is 2. The van der Waals surface area contributed by atoms with E-state index in [-0.39, 0.29) is 5.82 Å². The van der Waals surface area contributed by atoms with Crippen LogP contribution in [0, 0.1) is 5.82 Å². The molecule has 7 nitrogen and oxygen atoms in total. The molecule has 6 aromatic rings. The summed E-state index contributed by atoms with van der Waals surface area (Å²) >= 11 is 0. The van der Waals surface area contributed by atoms with Gasteiger partial charge in [0.05, 0.1) is 28.8 Å². The number of rotatable bonds is 7. The number of nitrogens with one attached hydrogen (secondary N) is 2. The third-order valence-electron chi connectivity index (χ3n) is 6.28. The van der Waals surface area contributed by atoms with E-state index in [1.807, 2.05) is 67.5 Å². The minimum absolute atomic E-state index is 0.335. The SMILES string of the molecule is CN(C)CCOc1cc(F)cc(-c2cccc3[nH]c(-c4n[nH]c5cnc(-c6ccccn6)cc45)cc23)c1. The van der Waals surface area contributed by atoms with Crippen molar-refractivity contribution in [3.05, 3.63) is 84.9 Å². The fourth-order valence-electron chi connectivity index (χ4n) is 4.46. The Kier molecular flexibility index (Phi) is 5.86. The zero-order valence-corrected chi connectivity index (χ0v) is 20.5. The van der Waals surface area contributed by atoms with E-state index >= 15 is 0 Å². The third-order valence-corrected chi connectivity index (χ3v) is 6.28. The van der Waals surface area contributed by atoms with Gasteiger partial charge in [0.25, 0.3) is 0 Å². The largest absolute Gasteiger partial charge is 0.492 e. The van der Waals surface area contributed by atoms with Gasteiger partial charge in [-0.15, -0.1) is 0 Å². The summed E-state index contributed by atoms with van der Waals surface area (Å²) in [6, 6.07) is 20.6. The van der Waals surface area contributed by atoms with E-state index in [2.05, 4.69) is 31.2 Å². The highest BCUT2D eigenvalue weighted by Crippen LogP contribution is 2.36. The van der Waals surface area contributed by atoms with Crippen molar-refractivity contribution in [3.8, 4) is 39.7 Å². The third kappa shape index (κ3) is 4.54. The Labute approximate surface area is 213 Å². The highest BCUT2D eigenvalue weighted by molar-refractivity contribution is 6.01. The normalized spacial score (nSPS) is 11.6. The summed E-state index contributed by atoms with van der Waals surface area (Å²) in [7, 11) is 3.95. The molecule has 0 amide bonds. The molecule has 184 valence electrons. The zero-order valence-electron chi connectivity index (χ0n) is 20.5. The molecular formula is C29H25FN6O. The lowest BCUT2D eigenvalue weighted by Gasteiger charge is -2.12. The van der Waals surface area contributed by atoms with Crippen molar-refractivity contribution in [3.63, 3.8) is 0 Å². The van der Waals surface area contributed by atoms with Crippen LogP contribution in [-0.2, 0) is 0 Å². The first kappa shape index (κ1) is 22.9. The standard InChI is InChI=1S/C29H25FN6O/c1-36(2)10-11-37-20-13-18(12-19(30)14-20)21-6-5-8-24-22(21)15-27(33-24)29-23-16-26(25-7-3-4-9-31-25)32-17-28(23)34-35-29/h3-9,12-17,33H,10-11H2,1-2H3,(H,34,35). The van der Waals surface area contributed by atoms with Gasteiger partial charge in [0, 0.05) is 35.1 Å². The minimum Gasteiger partial charge on any atom is -0.492 e. The van der Waals surface area contributed by atoms with Crippen molar-refractivity contribution < 1.29 is 9.13 Å². The molecule has 8 heteroatoms. The van der Waals surface area contributed by atoms with Gasteiger partial charge in [-0.1, -0.05) is 18.2 Å². The number of halogens is 1. The summed E-state index contributed by atoms with van der Waals surface area (Å²) < 4.78 is 20.4. The summed E-state index contributed by atoms with van der Waals surface area (Å²) in [5.74, 6) is 0.176. The fraction of sp³-hybridized carbons (Fsp3) is 0.138. The number of benzene rings is 2.